The maximum absolute atomic E-state index is 14.4. The Morgan fingerprint density at radius 2 is 2.23 bits per heavy atom. The van der Waals surface area contributed by atoms with Crippen molar-refractivity contribution in [1.29, 1.82) is 5.26 Å². The van der Waals surface area contributed by atoms with Crippen molar-refractivity contribution in [3.8, 4) is 6.07 Å². The van der Waals surface area contributed by atoms with Crippen molar-refractivity contribution in [3.63, 3.8) is 0 Å². The molecule has 30 heavy (non-hydrogen) atoms. The molecule has 0 saturated carbocycles. The highest BCUT2D eigenvalue weighted by Gasteiger charge is 2.41. The Bertz CT molecular complexity index is 895. The zero-order valence-corrected chi connectivity index (χ0v) is 16.0. The van der Waals surface area contributed by atoms with E-state index in [9.17, 15) is 18.3 Å². The molecule has 1 aliphatic carbocycles. The lowest BCUT2D eigenvalue weighted by molar-refractivity contribution is 0.0477. The number of hydrogen-bond acceptors (Lipinski definition) is 7. The number of aliphatic hydroxyl groups excluding tert-OH is 1. The lowest BCUT2D eigenvalue weighted by atomic mass is 9.89. The number of nitrogens with two attached hydrogens (primary N) is 1. The molecule has 0 radical (unpaired) electrons. The third-order valence-corrected chi connectivity index (χ3v) is 4.87. The van der Waals surface area contributed by atoms with Crippen molar-refractivity contribution in [3.05, 3.63) is 64.9 Å². The summed E-state index contributed by atoms with van der Waals surface area (Å²) in [5.74, 6) is -0.646. The predicted octanol–water partition coefficient (Wildman–Crippen LogP) is 1.90. The van der Waals surface area contributed by atoms with E-state index in [0.29, 0.717) is 11.3 Å². The van der Waals surface area contributed by atoms with E-state index in [4.69, 9.17) is 15.7 Å². The summed E-state index contributed by atoms with van der Waals surface area (Å²) in [4.78, 5) is 3.99. The van der Waals surface area contributed by atoms with E-state index >= 15 is 0 Å². The molecule has 10 heteroatoms. The normalized spacial score (nSPS) is 27.1. The van der Waals surface area contributed by atoms with Crippen LogP contribution in [0.5, 0.6) is 0 Å². The minimum absolute atomic E-state index is 0.0398. The summed E-state index contributed by atoms with van der Waals surface area (Å²) in [7, 11) is 0. The lowest BCUT2D eigenvalue weighted by Gasteiger charge is -2.32. The van der Waals surface area contributed by atoms with Gasteiger partial charge in [-0.3, -0.25) is 10.3 Å². The van der Waals surface area contributed by atoms with Crippen molar-refractivity contribution in [2.45, 2.75) is 37.2 Å². The van der Waals surface area contributed by atoms with Gasteiger partial charge in [-0.1, -0.05) is 6.08 Å². The largest absolute Gasteiger partial charge is 0.378 e. The van der Waals surface area contributed by atoms with Crippen LogP contribution < -0.4 is 16.4 Å². The van der Waals surface area contributed by atoms with Gasteiger partial charge in [0.2, 0.25) is 0 Å². The maximum Gasteiger partial charge on any atom is 0.260 e. The van der Waals surface area contributed by atoms with Gasteiger partial charge in [0.25, 0.3) is 6.43 Å². The standard InChI is InChI=1S/C20H22F3N5O2/c21-15-3-2-14(27-18(29)16-4-1-12(9-24)10-26-16)7-13(15)8-20(19(22)23)5-6-30-11-17(25)28-20/h1-4,8,10,17-19,27-29H,5-7,11,25H2. The van der Waals surface area contributed by atoms with E-state index in [2.05, 4.69) is 15.6 Å². The number of nitrogens with zero attached hydrogens (tertiary/aromatic N) is 2. The van der Waals surface area contributed by atoms with Crippen LogP contribution in [0.1, 0.15) is 30.3 Å². The summed E-state index contributed by atoms with van der Waals surface area (Å²) in [6.45, 7) is 0.136. The third kappa shape index (κ3) is 5.06. The zero-order valence-electron chi connectivity index (χ0n) is 16.0. The van der Waals surface area contributed by atoms with Gasteiger partial charge in [0.1, 0.15) is 17.4 Å². The number of aliphatic hydroxyl groups is 1. The van der Waals surface area contributed by atoms with Crippen molar-refractivity contribution in [2.75, 3.05) is 13.2 Å². The van der Waals surface area contributed by atoms with Gasteiger partial charge in [-0.25, -0.2) is 13.2 Å². The monoisotopic (exact) mass is 421 g/mol. The molecule has 2 heterocycles. The average Bonchev–Trinajstić information content (AvgIpc) is 2.92. The van der Waals surface area contributed by atoms with Gasteiger partial charge in [0.05, 0.1) is 24.0 Å². The molecule has 7 nitrogen and oxygen atoms in total. The molecule has 1 aromatic heterocycles. The van der Waals surface area contributed by atoms with Crippen LogP contribution in [0.4, 0.5) is 13.2 Å². The van der Waals surface area contributed by atoms with Crippen molar-refractivity contribution < 1.29 is 23.0 Å². The van der Waals surface area contributed by atoms with Crippen LogP contribution in [-0.4, -0.2) is 41.4 Å². The molecule has 0 bridgehead atoms. The molecule has 2 aliphatic rings. The number of nitriles is 1. The predicted molar refractivity (Wildman–Crippen MR) is 102 cm³/mol. The molecule has 1 aliphatic heterocycles. The van der Waals surface area contributed by atoms with Crippen LogP contribution in [0, 0.1) is 11.3 Å². The first kappa shape index (κ1) is 22.0. The fraction of sp³-hybridized carbons (Fsp3) is 0.400. The molecule has 0 aromatic carbocycles. The number of nitrogens with one attached hydrogen (secondary N) is 2. The highest BCUT2D eigenvalue weighted by Crippen LogP contribution is 2.32. The fourth-order valence-corrected chi connectivity index (χ4v) is 3.30. The van der Waals surface area contributed by atoms with Crippen LogP contribution in [0.25, 0.3) is 0 Å². The van der Waals surface area contributed by atoms with Crippen LogP contribution in [0.15, 0.2) is 53.7 Å². The zero-order chi connectivity index (χ0) is 21.7. The van der Waals surface area contributed by atoms with E-state index in [-0.39, 0.29) is 37.3 Å². The Labute approximate surface area is 171 Å². The van der Waals surface area contributed by atoms with E-state index in [1.54, 1.807) is 0 Å². The molecule has 1 saturated heterocycles. The number of alkyl halides is 2. The Morgan fingerprint density at radius 3 is 2.90 bits per heavy atom. The van der Waals surface area contributed by atoms with Crippen LogP contribution in [0.2, 0.25) is 0 Å². The number of hydrogen-bond donors (Lipinski definition) is 4. The minimum atomic E-state index is -2.83. The quantitative estimate of drug-likeness (QED) is 0.537. The van der Waals surface area contributed by atoms with Gasteiger partial charge in [0.15, 0.2) is 6.23 Å². The molecular formula is C20H22F3N5O2. The van der Waals surface area contributed by atoms with Crippen LogP contribution in [0.3, 0.4) is 0 Å². The second-order valence-corrected chi connectivity index (χ2v) is 7.10. The molecule has 5 N–H and O–H groups in total. The lowest BCUT2D eigenvalue weighted by Crippen LogP contribution is -2.57. The number of pyridine rings is 1. The molecule has 3 atom stereocenters. The molecular weight excluding hydrogens is 399 g/mol. The molecule has 160 valence electrons. The summed E-state index contributed by atoms with van der Waals surface area (Å²) >= 11 is 0. The number of halogens is 3. The molecule has 0 spiro atoms. The Hall–Kier alpha value is -2.71. The Balaban J connectivity index is 1.78. The smallest absolute Gasteiger partial charge is 0.260 e. The summed E-state index contributed by atoms with van der Waals surface area (Å²) in [6, 6.07) is 4.91. The molecule has 1 aromatic rings. The van der Waals surface area contributed by atoms with Crippen molar-refractivity contribution in [1.82, 2.24) is 15.6 Å². The van der Waals surface area contributed by atoms with E-state index in [1.807, 2.05) is 6.07 Å². The second-order valence-electron chi connectivity index (χ2n) is 7.10. The molecule has 3 rings (SSSR count). The number of aromatic nitrogens is 1. The first-order valence-electron chi connectivity index (χ1n) is 9.31. The first-order chi connectivity index (χ1) is 14.3. The van der Waals surface area contributed by atoms with Gasteiger partial charge < -0.3 is 20.9 Å². The van der Waals surface area contributed by atoms with Crippen LogP contribution >= 0.6 is 0 Å². The van der Waals surface area contributed by atoms with Crippen molar-refractivity contribution >= 4 is 0 Å². The summed E-state index contributed by atoms with van der Waals surface area (Å²) in [5, 5.41) is 24.6. The summed E-state index contributed by atoms with van der Waals surface area (Å²) < 4.78 is 47.5. The van der Waals surface area contributed by atoms with Gasteiger partial charge in [-0.2, -0.15) is 5.26 Å². The van der Waals surface area contributed by atoms with E-state index in [1.165, 1.54) is 30.5 Å². The summed E-state index contributed by atoms with van der Waals surface area (Å²) in [6.07, 6.45) is 0.0673. The van der Waals surface area contributed by atoms with Crippen molar-refractivity contribution in [2.24, 2.45) is 5.73 Å². The Morgan fingerprint density at radius 1 is 1.43 bits per heavy atom. The number of allylic oxidation sites excluding steroid dienone is 4. The number of ether oxygens (including phenoxy) is 1. The first-order valence-corrected chi connectivity index (χ1v) is 9.31. The average molecular weight is 421 g/mol. The number of rotatable bonds is 5. The third-order valence-electron chi connectivity index (χ3n) is 4.87. The SMILES string of the molecule is N#Cc1ccc(C(O)NC2=CC=C(F)C(=CC3(C(F)F)CCOCC(N)N3)C2)nc1. The van der Waals surface area contributed by atoms with Gasteiger partial charge in [-0.15, -0.1) is 0 Å². The second kappa shape index (κ2) is 9.40. The summed E-state index contributed by atoms with van der Waals surface area (Å²) in [5.41, 5.74) is 5.01. The minimum Gasteiger partial charge on any atom is -0.378 e. The highest BCUT2D eigenvalue weighted by molar-refractivity contribution is 5.41. The highest BCUT2D eigenvalue weighted by atomic mass is 19.3. The fourth-order valence-electron chi connectivity index (χ4n) is 3.30. The van der Waals surface area contributed by atoms with Gasteiger partial charge in [0, 0.05) is 24.9 Å². The van der Waals surface area contributed by atoms with Crippen LogP contribution in [-0.2, 0) is 4.74 Å². The van der Waals surface area contributed by atoms with Gasteiger partial charge in [-0.05, 0) is 36.3 Å². The molecule has 1 fully saturated rings. The topological polar surface area (TPSA) is 116 Å². The molecule has 0 amide bonds. The Kier molecular flexibility index (Phi) is 6.89. The van der Waals surface area contributed by atoms with Gasteiger partial charge >= 0.3 is 0 Å². The maximum atomic E-state index is 14.4. The van der Waals surface area contributed by atoms with E-state index in [0.717, 1.165) is 6.08 Å². The molecule has 3 unspecified atom stereocenters. The van der Waals surface area contributed by atoms with E-state index < -0.39 is 30.2 Å².